The van der Waals surface area contributed by atoms with Crippen molar-refractivity contribution in [1.82, 2.24) is 19.7 Å². The van der Waals surface area contributed by atoms with Gasteiger partial charge in [0, 0.05) is 44.1 Å². The molecule has 0 bridgehead atoms. The molecule has 0 saturated carbocycles. The molecule has 1 aromatic carbocycles. The lowest BCUT2D eigenvalue weighted by Crippen LogP contribution is -2.49. The van der Waals surface area contributed by atoms with Gasteiger partial charge in [0.2, 0.25) is 0 Å². The number of piperazine rings is 1. The van der Waals surface area contributed by atoms with Crippen molar-refractivity contribution in [3.63, 3.8) is 0 Å². The van der Waals surface area contributed by atoms with Crippen LogP contribution in [0, 0.1) is 11.3 Å². The van der Waals surface area contributed by atoms with Crippen LogP contribution >= 0.6 is 0 Å². The van der Waals surface area contributed by atoms with E-state index in [-0.39, 0.29) is 5.91 Å². The molecule has 3 aromatic rings. The Bertz CT molecular complexity index is 966. The van der Waals surface area contributed by atoms with Gasteiger partial charge in [-0.05, 0) is 42.5 Å². The average molecular weight is 358 g/mol. The minimum Gasteiger partial charge on any atom is -0.352 e. The lowest BCUT2D eigenvalue weighted by Gasteiger charge is -2.35. The predicted octanol–water partition coefficient (Wildman–Crippen LogP) is 2.10. The van der Waals surface area contributed by atoms with Gasteiger partial charge in [-0.1, -0.05) is 6.07 Å². The first-order valence-corrected chi connectivity index (χ1v) is 8.76. The molecule has 0 radical (unpaired) electrons. The van der Waals surface area contributed by atoms with Gasteiger partial charge in [0.05, 0.1) is 11.6 Å². The normalized spacial score (nSPS) is 14.0. The first-order chi connectivity index (χ1) is 13.2. The fraction of sp³-hybridized carbons (Fsp3) is 0.200. The van der Waals surface area contributed by atoms with Crippen LogP contribution in [0.5, 0.6) is 0 Å². The Morgan fingerprint density at radius 1 is 0.926 bits per heavy atom. The lowest BCUT2D eigenvalue weighted by atomic mass is 10.1. The summed E-state index contributed by atoms with van der Waals surface area (Å²) < 4.78 is 1.91. The summed E-state index contributed by atoms with van der Waals surface area (Å²) >= 11 is 0. The molecule has 4 rings (SSSR count). The van der Waals surface area contributed by atoms with E-state index in [0.717, 1.165) is 11.6 Å². The highest BCUT2D eigenvalue weighted by molar-refractivity contribution is 5.94. The molecule has 0 spiro atoms. The molecule has 134 valence electrons. The van der Waals surface area contributed by atoms with Crippen molar-refractivity contribution in [2.75, 3.05) is 31.1 Å². The molecular weight excluding hydrogens is 340 g/mol. The minimum absolute atomic E-state index is 0.0409. The van der Waals surface area contributed by atoms with Crippen LogP contribution in [-0.2, 0) is 0 Å². The Morgan fingerprint density at radius 2 is 1.63 bits per heavy atom. The summed E-state index contributed by atoms with van der Waals surface area (Å²) in [5, 5.41) is 17.6. The Kier molecular flexibility index (Phi) is 4.54. The van der Waals surface area contributed by atoms with E-state index in [0.29, 0.717) is 37.3 Å². The Morgan fingerprint density at radius 3 is 2.30 bits per heavy atom. The molecule has 0 aliphatic carbocycles. The highest BCUT2D eigenvalue weighted by Gasteiger charge is 2.23. The number of aromatic nitrogens is 3. The predicted molar refractivity (Wildman–Crippen MR) is 101 cm³/mol. The molecule has 27 heavy (non-hydrogen) atoms. The third-order valence-electron chi connectivity index (χ3n) is 4.63. The van der Waals surface area contributed by atoms with Crippen LogP contribution in [0.4, 0.5) is 5.82 Å². The quantitative estimate of drug-likeness (QED) is 0.716. The van der Waals surface area contributed by atoms with E-state index in [2.05, 4.69) is 21.2 Å². The summed E-state index contributed by atoms with van der Waals surface area (Å²) in [5.41, 5.74) is 1.05. The molecule has 1 aliphatic rings. The maximum absolute atomic E-state index is 12.7. The second-order valence-electron chi connectivity index (χ2n) is 6.31. The van der Waals surface area contributed by atoms with Crippen LogP contribution in [0.1, 0.15) is 15.9 Å². The van der Waals surface area contributed by atoms with Crippen molar-refractivity contribution in [2.45, 2.75) is 0 Å². The fourth-order valence-corrected chi connectivity index (χ4v) is 3.15. The van der Waals surface area contributed by atoms with Crippen molar-refractivity contribution in [3.05, 3.63) is 72.1 Å². The summed E-state index contributed by atoms with van der Waals surface area (Å²) in [4.78, 5) is 16.6. The van der Waals surface area contributed by atoms with Crippen molar-refractivity contribution < 1.29 is 4.79 Å². The number of anilines is 1. The maximum Gasteiger partial charge on any atom is 0.254 e. The van der Waals surface area contributed by atoms with Gasteiger partial charge in [-0.15, -0.1) is 10.2 Å². The second kappa shape index (κ2) is 7.30. The molecule has 0 unspecified atom stereocenters. The average Bonchev–Trinajstić information content (AvgIpc) is 3.28. The standard InChI is InChI=1S/C20H18N6O/c21-15-16-4-3-5-17(14-16)20(27)26-12-10-25(11-13-26)19-7-6-18(22-23-19)24-8-1-2-9-24/h1-9,14H,10-13H2. The smallest absolute Gasteiger partial charge is 0.254 e. The van der Waals surface area contributed by atoms with Crippen LogP contribution in [0.25, 0.3) is 5.82 Å². The third-order valence-corrected chi connectivity index (χ3v) is 4.63. The van der Waals surface area contributed by atoms with Gasteiger partial charge in [0.1, 0.15) is 0 Å². The number of hydrogen-bond donors (Lipinski definition) is 0. The Hall–Kier alpha value is -3.66. The molecular formula is C20H18N6O. The number of hydrogen-bond acceptors (Lipinski definition) is 5. The number of rotatable bonds is 3. The van der Waals surface area contributed by atoms with Crippen molar-refractivity contribution in [1.29, 1.82) is 5.26 Å². The number of carbonyl (C=O) groups is 1. The van der Waals surface area contributed by atoms with Gasteiger partial charge in [-0.25, -0.2) is 0 Å². The number of nitrogens with zero attached hydrogens (tertiary/aromatic N) is 6. The summed E-state index contributed by atoms with van der Waals surface area (Å²) in [6.45, 7) is 2.61. The summed E-state index contributed by atoms with van der Waals surface area (Å²) in [7, 11) is 0. The molecule has 7 nitrogen and oxygen atoms in total. The molecule has 0 N–H and O–H groups in total. The molecule has 1 saturated heterocycles. The highest BCUT2D eigenvalue weighted by Crippen LogP contribution is 2.16. The zero-order chi connectivity index (χ0) is 18.6. The van der Waals surface area contributed by atoms with Crippen molar-refractivity contribution in [2.24, 2.45) is 0 Å². The number of nitriles is 1. The van der Waals surface area contributed by atoms with E-state index >= 15 is 0 Å². The van der Waals surface area contributed by atoms with E-state index in [4.69, 9.17) is 5.26 Å². The molecule has 1 amide bonds. The van der Waals surface area contributed by atoms with E-state index in [1.54, 1.807) is 24.3 Å². The van der Waals surface area contributed by atoms with E-state index < -0.39 is 0 Å². The molecule has 2 aromatic heterocycles. The SMILES string of the molecule is N#Cc1cccc(C(=O)N2CCN(c3ccc(-n4cccc4)nn3)CC2)c1. The number of amides is 1. The van der Waals surface area contributed by atoms with Gasteiger partial charge in [0.25, 0.3) is 5.91 Å². The molecule has 3 heterocycles. The monoisotopic (exact) mass is 358 g/mol. The molecule has 0 atom stereocenters. The van der Waals surface area contributed by atoms with Crippen LogP contribution in [0.2, 0.25) is 0 Å². The second-order valence-corrected chi connectivity index (χ2v) is 6.31. The van der Waals surface area contributed by atoms with E-state index in [1.807, 2.05) is 46.1 Å². The van der Waals surface area contributed by atoms with Gasteiger partial charge < -0.3 is 14.4 Å². The Balaban J connectivity index is 1.40. The van der Waals surface area contributed by atoms with E-state index in [9.17, 15) is 4.79 Å². The van der Waals surface area contributed by atoms with Crippen LogP contribution < -0.4 is 4.90 Å². The molecule has 7 heteroatoms. The van der Waals surface area contributed by atoms with Crippen molar-refractivity contribution >= 4 is 11.7 Å². The van der Waals surface area contributed by atoms with Crippen molar-refractivity contribution in [3.8, 4) is 11.9 Å². The van der Waals surface area contributed by atoms with Gasteiger partial charge >= 0.3 is 0 Å². The zero-order valence-electron chi connectivity index (χ0n) is 14.7. The topological polar surface area (TPSA) is 78.0 Å². The fourth-order valence-electron chi connectivity index (χ4n) is 3.15. The first kappa shape index (κ1) is 16.8. The first-order valence-electron chi connectivity index (χ1n) is 8.76. The van der Waals surface area contributed by atoms with Crippen LogP contribution in [0.15, 0.2) is 60.9 Å². The Labute approximate surface area is 157 Å². The highest BCUT2D eigenvalue weighted by atomic mass is 16.2. The molecule has 1 fully saturated rings. The number of benzene rings is 1. The summed E-state index contributed by atoms with van der Waals surface area (Å²) in [6, 6.07) is 16.7. The van der Waals surface area contributed by atoms with Gasteiger partial charge in [-0.2, -0.15) is 5.26 Å². The van der Waals surface area contributed by atoms with Crippen LogP contribution in [0.3, 0.4) is 0 Å². The minimum atomic E-state index is -0.0409. The van der Waals surface area contributed by atoms with Gasteiger partial charge in [0.15, 0.2) is 11.6 Å². The third kappa shape index (κ3) is 3.51. The molecule has 1 aliphatic heterocycles. The van der Waals surface area contributed by atoms with Crippen LogP contribution in [-0.4, -0.2) is 51.8 Å². The maximum atomic E-state index is 12.7. The van der Waals surface area contributed by atoms with Gasteiger partial charge in [-0.3, -0.25) is 4.79 Å². The lowest BCUT2D eigenvalue weighted by molar-refractivity contribution is 0.0746. The number of carbonyl (C=O) groups excluding carboxylic acids is 1. The summed E-state index contributed by atoms with van der Waals surface area (Å²) in [6.07, 6.45) is 3.85. The largest absolute Gasteiger partial charge is 0.352 e. The summed E-state index contributed by atoms with van der Waals surface area (Å²) in [5.74, 6) is 1.54. The van der Waals surface area contributed by atoms with E-state index in [1.165, 1.54) is 0 Å². The zero-order valence-corrected chi connectivity index (χ0v) is 14.7.